The maximum Gasteiger partial charge on any atom is 0.251 e. The van der Waals surface area contributed by atoms with Crippen LogP contribution in [0.5, 0.6) is 0 Å². The molecule has 0 atom stereocenters. The minimum atomic E-state index is -0.00212. The van der Waals surface area contributed by atoms with Gasteiger partial charge in [0.2, 0.25) is 0 Å². The van der Waals surface area contributed by atoms with E-state index in [2.05, 4.69) is 41.4 Å². The molecule has 0 spiro atoms. The van der Waals surface area contributed by atoms with Crippen LogP contribution in [0.2, 0.25) is 0 Å². The SMILES string of the molecule is Cc1cccc(C(=O)NCc2ccc(CN3CCC(C)CC3)cc2)c1C. The molecule has 1 amide bonds. The van der Waals surface area contributed by atoms with Crippen molar-refractivity contribution in [3.63, 3.8) is 0 Å². The van der Waals surface area contributed by atoms with Crippen molar-refractivity contribution in [2.24, 2.45) is 5.92 Å². The van der Waals surface area contributed by atoms with E-state index < -0.39 is 0 Å². The minimum Gasteiger partial charge on any atom is -0.348 e. The van der Waals surface area contributed by atoms with Crippen molar-refractivity contribution in [2.75, 3.05) is 13.1 Å². The Morgan fingerprint density at radius 2 is 1.69 bits per heavy atom. The third-order valence-electron chi connectivity index (χ3n) is 5.61. The third-order valence-corrected chi connectivity index (χ3v) is 5.61. The molecule has 0 unspecified atom stereocenters. The lowest BCUT2D eigenvalue weighted by Gasteiger charge is -2.30. The molecule has 0 aromatic heterocycles. The van der Waals surface area contributed by atoms with Crippen molar-refractivity contribution in [1.29, 1.82) is 0 Å². The molecule has 1 aliphatic rings. The lowest BCUT2D eigenvalue weighted by atomic mass is 9.99. The predicted molar refractivity (Wildman–Crippen MR) is 107 cm³/mol. The highest BCUT2D eigenvalue weighted by molar-refractivity contribution is 5.95. The molecule has 1 heterocycles. The average molecular weight is 351 g/mol. The Morgan fingerprint density at radius 3 is 2.38 bits per heavy atom. The maximum atomic E-state index is 12.4. The Balaban J connectivity index is 1.53. The first-order valence-corrected chi connectivity index (χ1v) is 9.67. The zero-order valence-electron chi connectivity index (χ0n) is 16.2. The summed E-state index contributed by atoms with van der Waals surface area (Å²) in [5, 5.41) is 3.04. The van der Waals surface area contributed by atoms with Crippen LogP contribution < -0.4 is 5.32 Å². The van der Waals surface area contributed by atoms with Gasteiger partial charge in [-0.05, 0) is 74.0 Å². The molecule has 1 fully saturated rings. The molecule has 3 nitrogen and oxygen atoms in total. The van der Waals surface area contributed by atoms with Gasteiger partial charge >= 0.3 is 0 Å². The van der Waals surface area contributed by atoms with Crippen molar-refractivity contribution in [2.45, 2.75) is 46.7 Å². The molecule has 2 aromatic rings. The minimum absolute atomic E-state index is 0.00212. The fraction of sp³-hybridized carbons (Fsp3) is 0.435. The number of nitrogens with zero attached hydrogens (tertiary/aromatic N) is 1. The Kier molecular flexibility index (Phi) is 6.10. The number of rotatable bonds is 5. The summed E-state index contributed by atoms with van der Waals surface area (Å²) in [6.45, 7) is 10.4. The predicted octanol–water partition coefficient (Wildman–Crippen LogP) is 4.47. The topological polar surface area (TPSA) is 32.3 Å². The van der Waals surface area contributed by atoms with E-state index in [1.165, 1.54) is 31.5 Å². The van der Waals surface area contributed by atoms with Crippen LogP contribution in [0.25, 0.3) is 0 Å². The highest BCUT2D eigenvalue weighted by Crippen LogP contribution is 2.18. The van der Waals surface area contributed by atoms with E-state index in [0.717, 1.165) is 34.7 Å². The standard InChI is InChI=1S/C23H30N2O/c1-17-11-13-25(14-12-17)16-21-9-7-20(8-10-21)15-24-23(26)22-6-4-5-18(2)19(22)3/h4-10,17H,11-16H2,1-3H3,(H,24,26). The first kappa shape index (κ1) is 18.7. The molecule has 26 heavy (non-hydrogen) atoms. The van der Waals surface area contributed by atoms with E-state index in [9.17, 15) is 4.79 Å². The van der Waals surface area contributed by atoms with Gasteiger partial charge in [0.05, 0.1) is 0 Å². The molecule has 0 radical (unpaired) electrons. The summed E-state index contributed by atoms with van der Waals surface area (Å²) in [7, 11) is 0. The van der Waals surface area contributed by atoms with Crippen LogP contribution in [0.4, 0.5) is 0 Å². The molecule has 0 aliphatic carbocycles. The van der Waals surface area contributed by atoms with Gasteiger partial charge in [-0.2, -0.15) is 0 Å². The second-order valence-electron chi connectivity index (χ2n) is 7.71. The summed E-state index contributed by atoms with van der Waals surface area (Å²) < 4.78 is 0. The number of amides is 1. The molecule has 3 heteroatoms. The van der Waals surface area contributed by atoms with E-state index in [4.69, 9.17) is 0 Å². The van der Waals surface area contributed by atoms with Crippen LogP contribution in [0.15, 0.2) is 42.5 Å². The first-order chi connectivity index (χ1) is 12.5. The molecular formula is C23H30N2O. The number of piperidine rings is 1. The summed E-state index contributed by atoms with van der Waals surface area (Å²) in [5.41, 5.74) is 5.45. The first-order valence-electron chi connectivity index (χ1n) is 9.67. The molecular weight excluding hydrogens is 320 g/mol. The Labute approximate surface area is 157 Å². The second kappa shape index (κ2) is 8.50. The van der Waals surface area contributed by atoms with Crippen LogP contribution in [-0.2, 0) is 13.1 Å². The smallest absolute Gasteiger partial charge is 0.251 e. The quantitative estimate of drug-likeness (QED) is 0.863. The normalized spacial score (nSPS) is 15.8. The lowest BCUT2D eigenvalue weighted by molar-refractivity contribution is 0.0950. The van der Waals surface area contributed by atoms with E-state index in [-0.39, 0.29) is 5.91 Å². The van der Waals surface area contributed by atoms with Gasteiger partial charge in [-0.15, -0.1) is 0 Å². The number of hydrogen-bond donors (Lipinski definition) is 1. The van der Waals surface area contributed by atoms with Gasteiger partial charge in [-0.3, -0.25) is 9.69 Å². The Hall–Kier alpha value is -2.13. The Bertz CT molecular complexity index is 743. The molecule has 1 saturated heterocycles. The number of hydrogen-bond acceptors (Lipinski definition) is 2. The second-order valence-corrected chi connectivity index (χ2v) is 7.71. The highest BCUT2D eigenvalue weighted by atomic mass is 16.1. The summed E-state index contributed by atoms with van der Waals surface area (Å²) in [4.78, 5) is 15.0. The number of aryl methyl sites for hydroxylation is 1. The van der Waals surface area contributed by atoms with Gasteiger partial charge in [0.15, 0.2) is 0 Å². The van der Waals surface area contributed by atoms with Gasteiger partial charge in [-0.25, -0.2) is 0 Å². The van der Waals surface area contributed by atoms with Gasteiger partial charge in [-0.1, -0.05) is 43.3 Å². The fourth-order valence-electron chi connectivity index (χ4n) is 3.52. The van der Waals surface area contributed by atoms with E-state index in [0.29, 0.717) is 6.54 Å². The lowest BCUT2D eigenvalue weighted by Crippen LogP contribution is -2.32. The van der Waals surface area contributed by atoms with Crippen LogP contribution in [-0.4, -0.2) is 23.9 Å². The largest absolute Gasteiger partial charge is 0.348 e. The van der Waals surface area contributed by atoms with Crippen LogP contribution in [0.3, 0.4) is 0 Å². The van der Waals surface area contributed by atoms with Crippen molar-refractivity contribution < 1.29 is 4.79 Å². The molecule has 3 rings (SSSR count). The highest BCUT2D eigenvalue weighted by Gasteiger charge is 2.15. The fourth-order valence-corrected chi connectivity index (χ4v) is 3.52. The van der Waals surface area contributed by atoms with Crippen LogP contribution in [0, 0.1) is 19.8 Å². The van der Waals surface area contributed by atoms with Gasteiger partial charge in [0, 0.05) is 18.7 Å². The summed E-state index contributed by atoms with van der Waals surface area (Å²) in [6.07, 6.45) is 2.62. The van der Waals surface area contributed by atoms with E-state index in [1.54, 1.807) is 0 Å². The summed E-state index contributed by atoms with van der Waals surface area (Å²) >= 11 is 0. The van der Waals surface area contributed by atoms with Gasteiger partial charge in [0.25, 0.3) is 5.91 Å². The molecule has 138 valence electrons. The van der Waals surface area contributed by atoms with E-state index >= 15 is 0 Å². The van der Waals surface area contributed by atoms with Crippen LogP contribution in [0.1, 0.15) is 52.4 Å². The monoisotopic (exact) mass is 350 g/mol. The summed E-state index contributed by atoms with van der Waals surface area (Å²) in [5.74, 6) is 0.868. The maximum absolute atomic E-state index is 12.4. The van der Waals surface area contributed by atoms with Crippen molar-refractivity contribution in [3.8, 4) is 0 Å². The number of carbonyl (C=O) groups is 1. The van der Waals surface area contributed by atoms with Gasteiger partial charge in [0.1, 0.15) is 0 Å². The van der Waals surface area contributed by atoms with Gasteiger partial charge < -0.3 is 5.32 Å². The van der Waals surface area contributed by atoms with Crippen molar-refractivity contribution in [3.05, 3.63) is 70.3 Å². The number of benzene rings is 2. The van der Waals surface area contributed by atoms with Crippen molar-refractivity contribution >= 4 is 5.91 Å². The molecule has 0 saturated carbocycles. The average Bonchev–Trinajstić information content (AvgIpc) is 2.65. The number of carbonyl (C=O) groups excluding carboxylic acids is 1. The van der Waals surface area contributed by atoms with Crippen molar-refractivity contribution in [1.82, 2.24) is 10.2 Å². The zero-order chi connectivity index (χ0) is 18.5. The Morgan fingerprint density at radius 1 is 1.04 bits per heavy atom. The molecule has 0 bridgehead atoms. The third kappa shape index (κ3) is 4.73. The summed E-state index contributed by atoms with van der Waals surface area (Å²) in [6, 6.07) is 14.5. The molecule has 1 aliphatic heterocycles. The zero-order valence-corrected chi connectivity index (χ0v) is 16.2. The number of likely N-dealkylation sites (tertiary alicyclic amines) is 1. The molecule has 2 aromatic carbocycles. The molecule has 1 N–H and O–H groups in total. The van der Waals surface area contributed by atoms with E-state index in [1.807, 2.05) is 32.0 Å². The number of nitrogens with one attached hydrogen (secondary N) is 1. The van der Waals surface area contributed by atoms with Crippen LogP contribution >= 0.6 is 0 Å².